The summed E-state index contributed by atoms with van der Waals surface area (Å²) in [4.78, 5) is 16.3. The molecule has 2 heterocycles. The molecule has 0 bridgehead atoms. The van der Waals surface area contributed by atoms with E-state index in [1.807, 2.05) is 20.0 Å². The van der Waals surface area contributed by atoms with Gasteiger partial charge < -0.3 is 9.64 Å². The number of fused-ring (bicyclic) bond motifs is 1. The van der Waals surface area contributed by atoms with Gasteiger partial charge in [-0.25, -0.2) is 0 Å². The van der Waals surface area contributed by atoms with Gasteiger partial charge in [-0.1, -0.05) is 13.0 Å². The van der Waals surface area contributed by atoms with Crippen LogP contribution < -0.4 is 9.64 Å². The fourth-order valence-electron chi connectivity index (χ4n) is 6.65. The van der Waals surface area contributed by atoms with E-state index in [1.165, 1.54) is 0 Å². The molecular weight excluding hydrogens is 546 g/mol. The van der Waals surface area contributed by atoms with E-state index in [0.717, 1.165) is 29.8 Å². The average molecular weight is 583 g/mol. The molecule has 10 heteroatoms. The zero-order chi connectivity index (χ0) is 29.7. The van der Waals surface area contributed by atoms with Crippen molar-refractivity contribution in [2.75, 3.05) is 31.6 Å². The lowest BCUT2D eigenvalue weighted by atomic mass is 9.81. The summed E-state index contributed by atoms with van der Waals surface area (Å²) in [6, 6.07) is 7.92. The first-order valence-corrected chi connectivity index (χ1v) is 14.2. The van der Waals surface area contributed by atoms with Crippen LogP contribution in [0.4, 0.5) is 32.0 Å². The number of likely N-dealkylation sites (N-methyl/N-ethyl adjacent to an activating group) is 1. The Labute approximate surface area is 236 Å². The Morgan fingerprint density at radius 1 is 0.976 bits per heavy atom. The monoisotopic (exact) mass is 582 g/mol. The molecule has 2 aliphatic heterocycles. The van der Waals surface area contributed by atoms with Gasteiger partial charge in [0.15, 0.2) is 0 Å². The van der Waals surface area contributed by atoms with Gasteiger partial charge in [0.1, 0.15) is 18.1 Å². The van der Waals surface area contributed by atoms with Gasteiger partial charge in [-0.05, 0) is 105 Å². The van der Waals surface area contributed by atoms with Crippen molar-refractivity contribution in [3.63, 3.8) is 0 Å². The van der Waals surface area contributed by atoms with Crippen LogP contribution in [0.1, 0.15) is 67.7 Å². The second kappa shape index (κ2) is 11.2. The molecule has 3 atom stereocenters. The second-order valence-corrected chi connectivity index (χ2v) is 12.0. The van der Waals surface area contributed by atoms with E-state index in [0.29, 0.717) is 56.7 Å². The van der Waals surface area contributed by atoms with Crippen molar-refractivity contribution < 1.29 is 35.9 Å². The number of rotatable bonds is 7. The number of ether oxygens (including phenoxy) is 1. The first-order valence-electron chi connectivity index (χ1n) is 14.2. The molecule has 1 saturated heterocycles. The topological polar surface area (TPSA) is 32.8 Å². The number of halogens is 6. The summed E-state index contributed by atoms with van der Waals surface area (Å²) in [5.74, 6) is 1.81. The Balaban J connectivity index is 1.28. The molecule has 41 heavy (non-hydrogen) atoms. The quantitative estimate of drug-likeness (QED) is 0.316. The summed E-state index contributed by atoms with van der Waals surface area (Å²) in [7, 11) is 2.03. The van der Waals surface area contributed by atoms with Gasteiger partial charge >= 0.3 is 12.4 Å². The molecule has 0 N–H and O–H groups in total. The van der Waals surface area contributed by atoms with Crippen molar-refractivity contribution in [1.82, 2.24) is 4.90 Å². The fourth-order valence-corrected chi connectivity index (χ4v) is 6.65. The van der Waals surface area contributed by atoms with Crippen molar-refractivity contribution in [2.45, 2.75) is 70.4 Å². The maximum Gasteiger partial charge on any atom is 0.416 e. The number of Topliss-reactive ketones (excluding diaryl/α,β-unsaturated/α-hetero) is 1. The Morgan fingerprint density at radius 3 is 2.24 bits per heavy atom. The highest BCUT2D eigenvalue weighted by Gasteiger charge is 2.40. The lowest BCUT2D eigenvalue weighted by Gasteiger charge is -2.43. The number of carbonyl (C=O) groups excluding carboxylic acids is 1. The highest BCUT2D eigenvalue weighted by atomic mass is 19.4. The summed E-state index contributed by atoms with van der Waals surface area (Å²) in [6.45, 7) is 4.90. The molecule has 0 amide bonds. The van der Waals surface area contributed by atoms with E-state index in [1.54, 1.807) is 11.8 Å². The highest BCUT2D eigenvalue weighted by molar-refractivity contribution is 5.79. The Kier molecular flexibility index (Phi) is 8.09. The fraction of sp³-hybridized carbons (Fsp3) is 0.581. The molecule has 1 aliphatic carbocycles. The number of nitrogens with zero attached hydrogens (tertiary/aromatic N) is 2. The zero-order valence-electron chi connectivity index (χ0n) is 23.5. The number of piperidine rings is 1. The molecule has 2 aromatic carbocycles. The van der Waals surface area contributed by atoms with E-state index in [4.69, 9.17) is 4.74 Å². The molecule has 224 valence electrons. The minimum atomic E-state index is -4.73. The van der Waals surface area contributed by atoms with Crippen LogP contribution in [-0.2, 0) is 23.7 Å². The van der Waals surface area contributed by atoms with Crippen LogP contribution in [0.2, 0.25) is 0 Å². The number of hydrogen-bond donors (Lipinski definition) is 0. The van der Waals surface area contributed by atoms with Crippen LogP contribution >= 0.6 is 0 Å². The first kappa shape index (κ1) is 29.7. The number of likely N-dealkylation sites (tertiary alicyclic amines) is 1. The maximum absolute atomic E-state index is 13.6. The number of alkyl halides is 6. The molecular formula is C31H36F6N2O2. The van der Waals surface area contributed by atoms with Gasteiger partial charge in [0.2, 0.25) is 0 Å². The number of ketones is 1. The summed E-state index contributed by atoms with van der Waals surface area (Å²) >= 11 is 0. The van der Waals surface area contributed by atoms with Crippen molar-refractivity contribution >= 4 is 11.5 Å². The van der Waals surface area contributed by atoms with Crippen molar-refractivity contribution in [1.29, 1.82) is 0 Å². The van der Waals surface area contributed by atoms with Crippen LogP contribution in [0.25, 0.3) is 0 Å². The normalized spacial score (nSPS) is 22.2. The highest BCUT2D eigenvalue weighted by Crippen LogP contribution is 2.49. The molecule has 2 aromatic rings. The molecule has 4 nitrogen and oxygen atoms in total. The van der Waals surface area contributed by atoms with Gasteiger partial charge in [-0.15, -0.1) is 0 Å². The Hall–Kier alpha value is -2.75. The van der Waals surface area contributed by atoms with Crippen LogP contribution in [-0.4, -0.2) is 43.5 Å². The number of hydrogen-bond acceptors (Lipinski definition) is 4. The van der Waals surface area contributed by atoms with Gasteiger partial charge in [-0.2, -0.15) is 26.3 Å². The lowest BCUT2D eigenvalue weighted by Crippen LogP contribution is -2.49. The number of benzene rings is 2. The minimum absolute atomic E-state index is 0.0591. The molecule has 5 rings (SSSR count). The third-order valence-electron chi connectivity index (χ3n) is 9.27. The Morgan fingerprint density at radius 2 is 1.66 bits per heavy atom. The predicted molar refractivity (Wildman–Crippen MR) is 144 cm³/mol. The summed E-state index contributed by atoms with van der Waals surface area (Å²) in [6.07, 6.45) is -5.81. The molecule has 2 fully saturated rings. The van der Waals surface area contributed by atoms with E-state index in [-0.39, 0.29) is 41.7 Å². The third kappa shape index (κ3) is 6.37. The van der Waals surface area contributed by atoms with E-state index >= 15 is 0 Å². The third-order valence-corrected chi connectivity index (χ3v) is 9.27. The van der Waals surface area contributed by atoms with Gasteiger partial charge in [0.25, 0.3) is 0 Å². The van der Waals surface area contributed by atoms with E-state index < -0.39 is 23.5 Å². The largest absolute Gasteiger partial charge is 0.489 e. The summed E-state index contributed by atoms with van der Waals surface area (Å²) < 4.78 is 86.6. The molecule has 1 unspecified atom stereocenters. The van der Waals surface area contributed by atoms with E-state index in [9.17, 15) is 31.1 Å². The van der Waals surface area contributed by atoms with Crippen LogP contribution in [0.3, 0.4) is 0 Å². The number of carbonyl (C=O) groups is 1. The molecule has 0 aromatic heterocycles. The van der Waals surface area contributed by atoms with Gasteiger partial charge in [0, 0.05) is 19.5 Å². The van der Waals surface area contributed by atoms with Crippen molar-refractivity contribution in [3.05, 3.63) is 58.7 Å². The minimum Gasteiger partial charge on any atom is -0.489 e. The second-order valence-electron chi connectivity index (χ2n) is 12.0. The molecule has 0 spiro atoms. The molecule has 3 aliphatic rings. The SMILES string of the molecule is CC(=O)[C@@H](C)[C@H](c1ccc2c(c1)N(C)C(C1CCN(Cc3cc(C(F)(F)F)ccc3C(F)(F)F)CC1)CO2)C1CC1. The van der Waals surface area contributed by atoms with Gasteiger partial charge in [0.05, 0.1) is 22.9 Å². The van der Waals surface area contributed by atoms with Crippen molar-refractivity contribution in [2.24, 2.45) is 17.8 Å². The summed E-state index contributed by atoms with van der Waals surface area (Å²) in [5, 5.41) is 0. The van der Waals surface area contributed by atoms with E-state index in [2.05, 4.69) is 17.0 Å². The summed E-state index contributed by atoms with van der Waals surface area (Å²) in [5.41, 5.74) is -0.335. The first-order chi connectivity index (χ1) is 19.2. The predicted octanol–water partition coefficient (Wildman–Crippen LogP) is 7.55. The van der Waals surface area contributed by atoms with Gasteiger partial charge in [-0.3, -0.25) is 9.69 Å². The van der Waals surface area contributed by atoms with Crippen LogP contribution in [0, 0.1) is 17.8 Å². The molecule has 0 radical (unpaired) electrons. The zero-order valence-corrected chi connectivity index (χ0v) is 23.5. The lowest BCUT2D eigenvalue weighted by molar-refractivity contribution is -0.142. The number of anilines is 1. The van der Waals surface area contributed by atoms with Crippen LogP contribution in [0.5, 0.6) is 5.75 Å². The molecule has 1 saturated carbocycles. The smallest absolute Gasteiger partial charge is 0.416 e. The van der Waals surface area contributed by atoms with Crippen LogP contribution in [0.15, 0.2) is 36.4 Å². The standard InChI is InChI=1S/C31H36F6N2O2/c1-18(19(2)40)29(21-4-5-21)22-6-9-28-26(15-22)38(3)27(17-41-28)20-10-12-39(13-11-20)16-23-14-24(30(32,33)34)7-8-25(23)31(35,36)37/h6-9,14-15,18,20-21,27,29H,4-5,10-13,16-17H2,1-3H3/t18-,27?,29+/m1/s1. The van der Waals surface area contributed by atoms with Crippen molar-refractivity contribution in [3.8, 4) is 5.75 Å². The maximum atomic E-state index is 13.6. The average Bonchev–Trinajstić information content (AvgIpc) is 3.74. The Bertz CT molecular complexity index is 1260.